The highest BCUT2D eigenvalue weighted by Gasteiger charge is 2.37. The van der Waals surface area contributed by atoms with Crippen LogP contribution in [0.15, 0.2) is 6.07 Å². The van der Waals surface area contributed by atoms with Crippen molar-refractivity contribution in [1.29, 1.82) is 0 Å². The third kappa shape index (κ3) is 3.62. The Morgan fingerprint density at radius 3 is 2.46 bits per heavy atom. The molecule has 0 unspecified atom stereocenters. The number of carbonyl (C=O) groups excluding carboxylic acids is 1. The van der Waals surface area contributed by atoms with Gasteiger partial charge in [-0.15, -0.1) is 5.10 Å². The van der Waals surface area contributed by atoms with Crippen molar-refractivity contribution in [2.45, 2.75) is 25.9 Å². The lowest BCUT2D eigenvalue weighted by Gasteiger charge is -2.36. The molecule has 0 N–H and O–H groups in total. The zero-order valence-corrected chi connectivity index (χ0v) is 15.4. The molecule has 0 atom stereocenters. The van der Waals surface area contributed by atoms with Crippen LogP contribution in [0, 0.1) is 12.8 Å². The van der Waals surface area contributed by atoms with Crippen LogP contribution >= 0.6 is 0 Å². The molecule has 2 aliphatic heterocycles. The third-order valence-electron chi connectivity index (χ3n) is 5.17. The largest absolute Gasteiger partial charge is 0.453 e. The highest BCUT2D eigenvalue weighted by atomic mass is 19.4. The Morgan fingerprint density at radius 1 is 1.14 bits per heavy atom. The van der Waals surface area contributed by atoms with E-state index in [2.05, 4.69) is 15.1 Å². The SMILES string of the molecule is Cc1cc(N2CCC(C(=O)N3CCOCC3)CC2)n2nc(C(F)(F)F)nc2n1. The molecule has 0 bridgehead atoms. The van der Waals surface area contributed by atoms with Gasteiger partial charge in [-0.3, -0.25) is 4.79 Å². The fourth-order valence-corrected chi connectivity index (χ4v) is 3.71. The number of nitrogens with zero attached hydrogens (tertiary/aromatic N) is 6. The number of anilines is 1. The number of halogens is 3. The van der Waals surface area contributed by atoms with Crippen molar-refractivity contribution in [1.82, 2.24) is 24.5 Å². The summed E-state index contributed by atoms with van der Waals surface area (Å²) in [6, 6.07) is 1.70. The zero-order valence-electron chi connectivity index (χ0n) is 15.4. The molecule has 0 saturated carbocycles. The molecule has 0 aliphatic carbocycles. The molecule has 11 heteroatoms. The van der Waals surface area contributed by atoms with E-state index in [0.717, 1.165) is 4.52 Å². The van der Waals surface area contributed by atoms with Crippen LogP contribution in [0.1, 0.15) is 24.4 Å². The second kappa shape index (κ2) is 7.19. The molecule has 1 amide bonds. The molecule has 2 fully saturated rings. The van der Waals surface area contributed by atoms with Gasteiger partial charge in [0.15, 0.2) is 0 Å². The molecule has 152 valence electrons. The molecule has 4 heterocycles. The highest BCUT2D eigenvalue weighted by molar-refractivity contribution is 5.79. The molecule has 2 aromatic rings. The fourth-order valence-electron chi connectivity index (χ4n) is 3.71. The van der Waals surface area contributed by atoms with Gasteiger partial charge in [-0.2, -0.15) is 22.7 Å². The van der Waals surface area contributed by atoms with Crippen molar-refractivity contribution in [2.75, 3.05) is 44.3 Å². The second-order valence-corrected chi connectivity index (χ2v) is 7.10. The molecule has 2 saturated heterocycles. The first-order valence-electron chi connectivity index (χ1n) is 9.26. The highest BCUT2D eigenvalue weighted by Crippen LogP contribution is 2.29. The molecule has 8 nitrogen and oxygen atoms in total. The minimum Gasteiger partial charge on any atom is -0.378 e. The lowest BCUT2D eigenvalue weighted by molar-refractivity contribution is -0.144. The van der Waals surface area contributed by atoms with E-state index >= 15 is 0 Å². The van der Waals surface area contributed by atoms with Gasteiger partial charge < -0.3 is 14.5 Å². The average Bonchev–Trinajstić information content (AvgIpc) is 3.12. The van der Waals surface area contributed by atoms with E-state index in [1.807, 2.05) is 9.80 Å². The number of amides is 1. The third-order valence-corrected chi connectivity index (χ3v) is 5.17. The second-order valence-electron chi connectivity index (χ2n) is 7.10. The first-order valence-corrected chi connectivity index (χ1v) is 9.26. The molecule has 28 heavy (non-hydrogen) atoms. The minimum atomic E-state index is -4.63. The van der Waals surface area contributed by atoms with Crippen molar-refractivity contribution in [2.24, 2.45) is 5.92 Å². The van der Waals surface area contributed by atoms with E-state index in [1.54, 1.807) is 13.0 Å². The number of fused-ring (bicyclic) bond motifs is 1. The predicted octanol–water partition coefficient (Wildman–Crippen LogP) is 1.53. The standard InChI is InChI=1S/C17H21F3N6O2/c1-11-10-13(26-16(21-11)22-15(23-26)17(18,19)20)24-4-2-12(3-5-24)14(27)25-6-8-28-9-7-25/h10,12H,2-9H2,1H3. The van der Waals surface area contributed by atoms with E-state index in [9.17, 15) is 18.0 Å². The number of piperidine rings is 1. The van der Waals surface area contributed by atoms with E-state index in [-0.39, 0.29) is 17.6 Å². The Kier molecular flexibility index (Phi) is 4.86. The lowest BCUT2D eigenvalue weighted by atomic mass is 9.95. The monoisotopic (exact) mass is 398 g/mol. The number of aryl methyl sites for hydroxylation is 1. The zero-order chi connectivity index (χ0) is 19.9. The van der Waals surface area contributed by atoms with Crippen molar-refractivity contribution < 1.29 is 22.7 Å². The smallest absolute Gasteiger partial charge is 0.378 e. The molecule has 2 aliphatic rings. The normalized spacial score (nSPS) is 19.4. The molecular formula is C17H21F3N6O2. The number of ether oxygens (including phenoxy) is 1. The number of hydrogen-bond donors (Lipinski definition) is 0. The molecular weight excluding hydrogens is 377 g/mol. The Labute approximate surface area is 159 Å². The van der Waals surface area contributed by atoms with Gasteiger partial charge in [0.1, 0.15) is 5.82 Å². The molecule has 2 aromatic heterocycles. The Bertz CT molecular complexity index is 870. The van der Waals surface area contributed by atoms with E-state index < -0.39 is 12.0 Å². The van der Waals surface area contributed by atoms with Crippen LogP contribution in [0.5, 0.6) is 0 Å². The summed E-state index contributed by atoms with van der Waals surface area (Å²) in [7, 11) is 0. The number of carbonyl (C=O) groups is 1. The molecule has 0 radical (unpaired) electrons. The van der Waals surface area contributed by atoms with Gasteiger partial charge in [-0.05, 0) is 19.8 Å². The van der Waals surface area contributed by atoms with Crippen molar-refractivity contribution in [3.8, 4) is 0 Å². The summed E-state index contributed by atoms with van der Waals surface area (Å²) in [5, 5.41) is 3.62. The van der Waals surface area contributed by atoms with Gasteiger partial charge >= 0.3 is 6.18 Å². The summed E-state index contributed by atoms with van der Waals surface area (Å²) in [4.78, 5) is 24.0. The van der Waals surface area contributed by atoms with Gasteiger partial charge in [0.05, 0.1) is 13.2 Å². The van der Waals surface area contributed by atoms with Crippen LogP contribution in [0.4, 0.5) is 19.0 Å². The number of rotatable bonds is 2. The van der Waals surface area contributed by atoms with Crippen molar-refractivity contribution in [3.63, 3.8) is 0 Å². The maximum Gasteiger partial charge on any atom is 0.453 e. The number of aromatic nitrogens is 4. The van der Waals surface area contributed by atoms with Crippen molar-refractivity contribution in [3.05, 3.63) is 17.6 Å². The quantitative estimate of drug-likeness (QED) is 0.764. The topological polar surface area (TPSA) is 75.9 Å². The number of alkyl halides is 3. The summed E-state index contributed by atoms with van der Waals surface area (Å²) in [5.74, 6) is -0.700. The van der Waals surface area contributed by atoms with Crippen LogP contribution in [-0.2, 0) is 15.7 Å². The van der Waals surface area contributed by atoms with Crippen LogP contribution in [0.25, 0.3) is 5.78 Å². The van der Waals surface area contributed by atoms with Gasteiger partial charge in [-0.1, -0.05) is 0 Å². The molecule has 0 spiro atoms. The average molecular weight is 398 g/mol. The number of hydrogen-bond acceptors (Lipinski definition) is 6. The maximum absolute atomic E-state index is 13.0. The number of morpholine rings is 1. The fraction of sp³-hybridized carbons (Fsp3) is 0.647. The molecule has 0 aromatic carbocycles. The first kappa shape index (κ1) is 18.9. The summed E-state index contributed by atoms with van der Waals surface area (Å²) in [5.41, 5.74) is 0.565. The van der Waals surface area contributed by atoms with Crippen molar-refractivity contribution >= 4 is 17.5 Å². The van der Waals surface area contributed by atoms with E-state index in [4.69, 9.17) is 4.74 Å². The maximum atomic E-state index is 13.0. The predicted molar refractivity (Wildman–Crippen MR) is 92.9 cm³/mol. The van der Waals surface area contributed by atoms with Gasteiger partial charge in [0.2, 0.25) is 5.91 Å². The minimum absolute atomic E-state index is 0.0748. The van der Waals surface area contributed by atoms with Gasteiger partial charge in [0.25, 0.3) is 11.6 Å². The Hall–Kier alpha value is -2.43. The van der Waals surface area contributed by atoms with Crippen LogP contribution in [0.3, 0.4) is 0 Å². The summed E-state index contributed by atoms with van der Waals surface area (Å²) >= 11 is 0. The van der Waals surface area contributed by atoms with Gasteiger partial charge in [-0.25, -0.2) is 4.98 Å². The van der Waals surface area contributed by atoms with Crippen LogP contribution < -0.4 is 4.90 Å². The molecule has 4 rings (SSSR count). The summed E-state index contributed by atoms with van der Waals surface area (Å²) < 4.78 is 45.4. The lowest BCUT2D eigenvalue weighted by Crippen LogP contribution is -2.47. The summed E-state index contributed by atoms with van der Waals surface area (Å²) in [6.45, 7) is 5.17. The summed E-state index contributed by atoms with van der Waals surface area (Å²) in [6.07, 6.45) is -3.35. The van der Waals surface area contributed by atoms with Gasteiger partial charge in [0, 0.05) is 43.9 Å². The Morgan fingerprint density at radius 2 is 1.82 bits per heavy atom. The van der Waals surface area contributed by atoms with E-state index in [0.29, 0.717) is 63.7 Å². The Balaban J connectivity index is 1.52. The van der Waals surface area contributed by atoms with E-state index in [1.165, 1.54) is 0 Å². The first-order chi connectivity index (χ1) is 13.3. The van der Waals surface area contributed by atoms with Crippen LogP contribution in [-0.4, -0.2) is 69.8 Å². The van der Waals surface area contributed by atoms with Crippen LogP contribution in [0.2, 0.25) is 0 Å².